The van der Waals surface area contributed by atoms with E-state index in [1.54, 1.807) is 6.07 Å². The quantitative estimate of drug-likeness (QED) is 0.125. The molecule has 0 saturated carbocycles. The fourth-order valence-electron chi connectivity index (χ4n) is 4.54. The molecule has 0 radical (unpaired) electrons. The van der Waals surface area contributed by atoms with Crippen LogP contribution in [0.1, 0.15) is 40.2 Å². The molecular formula is C29H25Cl2F6N3O. The van der Waals surface area contributed by atoms with Gasteiger partial charge in [-0.3, -0.25) is 4.79 Å². The minimum absolute atomic E-state index is 0.0474. The lowest BCUT2D eigenvalue weighted by molar-refractivity contribution is -0.143. The van der Waals surface area contributed by atoms with E-state index in [0.717, 1.165) is 22.9 Å². The molecular weight excluding hydrogens is 591 g/mol. The molecule has 12 heteroatoms. The molecule has 0 aliphatic heterocycles. The van der Waals surface area contributed by atoms with Crippen LogP contribution in [0.5, 0.6) is 0 Å². The predicted octanol–water partition coefficient (Wildman–Crippen LogP) is 8.13. The minimum Gasteiger partial charge on any atom is -0.361 e. The van der Waals surface area contributed by atoms with E-state index in [0.29, 0.717) is 30.8 Å². The number of nitrogens with one attached hydrogen (secondary N) is 3. The van der Waals surface area contributed by atoms with Gasteiger partial charge in [-0.2, -0.15) is 26.3 Å². The van der Waals surface area contributed by atoms with E-state index in [4.69, 9.17) is 23.2 Å². The molecule has 4 nitrogen and oxygen atoms in total. The second kappa shape index (κ2) is 12.8. The normalized spacial score (nSPS) is 13.0. The largest absolute Gasteiger partial charge is 0.416 e. The van der Waals surface area contributed by atoms with Crippen LogP contribution in [0.4, 0.5) is 26.3 Å². The van der Waals surface area contributed by atoms with Crippen LogP contribution in [-0.4, -0.2) is 24.0 Å². The van der Waals surface area contributed by atoms with Crippen LogP contribution in [0.25, 0.3) is 10.9 Å². The Bertz CT molecular complexity index is 1480. The van der Waals surface area contributed by atoms with Gasteiger partial charge in [0, 0.05) is 23.6 Å². The van der Waals surface area contributed by atoms with Crippen molar-refractivity contribution in [2.45, 2.75) is 37.7 Å². The summed E-state index contributed by atoms with van der Waals surface area (Å²) in [5, 5.41) is 7.38. The SMILES string of the molecule is O=C(NCc1cc(C(F)(F)F)cc(C(F)(F)F)c1)C(CCNCCc1c[nH]c2ccccc12)c1ccc(Cl)c(Cl)c1. The van der Waals surface area contributed by atoms with E-state index in [9.17, 15) is 31.1 Å². The van der Waals surface area contributed by atoms with Crippen molar-refractivity contribution in [2.24, 2.45) is 0 Å². The summed E-state index contributed by atoms with van der Waals surface area (Å²) >= 11 is 12.2. The van der Waals surface area contributed by atoms with E-state index in [1.165, 1.54) is 12.1 Å². The third kappa shape index (κ3) is 7.96. The highest BCUT2D eigenvalue weighted by Gasteiger charge is 2.37. The molecule has 0 aliphatic carbocycles. The number of hydrogen-bond donors (Lipinski definition) is 3. The van der Waals surface area contributed by atoms with Crippen molar-refractivity contribution in [1.29, 1.82) is 0 Å². The predicted molar refractivity (Wildman–Crippen MR) is 147 cm³/mol. The van der Waals surface area contributed by atoms with Gasteiger partial charge in [0.2, 0.25) is 5.91 Å². The molecule has 1 aromatic heterocycles. The molecule has 3 N–H and O–H groups in total. The molecule has 218 valence electrons. The maximum atomic E-state index is 13.2. The van der Waals surface area contributed by atoms with Crippen molar-refractivity contribution < 1.29 is 31.1 Å². The van der Waals surface area contributed by atoms with E-state index in [1.807, 2.05) is 30.5 Å². The number of halogens is 8. The molecule has 41 heavy (non-hydrogen) atoms. The zero-order valence-corrected chi connectivity index (χ0v) is 22.9. The number of benzene rings is 3. The van der Waals surface area contributed by atoms with E-state index < -0.39 is 41.8 Å². The van der Waals surface area contributed by atoms with Gasteiger partial charge in [0.05, 0.1) is 27.1 Å². The van der Waals surface area contributed by atoms with Crippen LogP contribution < -0.4 is 10.6 Å². The minimum atomic E-state index is -4.99. The number of fused-ring (bicyclic) bond motifs is 1. The maximum Gasteiger partial charge on any atom is 0.416 e. The zero-order valence-electron chi connectivity index (χ0n) is 21.4. The molecule has 0 saturated heterocycles. The van der Waals surface area contributed by atoms with Crippen molar-refractivity contribution in [3.63, 3.8) is 0 Å². The fourth-order valence-corrected chi connectivity index (χ4v) is 4.85. The van der Waals surface area contributed by atoms with Gasteiger partial charge in [0.15, 0.2) is 0 Å². The molecule has 1 amide bonds. The first kappa shape index (κ1) is 30.7. The van der Waals surface area contributed by atoms with Crippen molar-refractivity contribution in [2.75, 3.05) is 13.1 Å². The van der Waals surface area contributed by atoms with Gasteiger partial charge < -0.3 is 15.6 Å². The summed E-state index contributed by atoms with van der Waals surface area (Å²) in [7, 11) is 0. The van der Waals surface area contributed by atoms with Crippen LogP contribution in [0.2, 0.25) is 10.0 Å². The van der Waals surface area contributed by atoms with Gasteiger partial charge in [-0.1, -0.05) is 47.5 Å². The molecule has 0 fully saturated rings. The van der Waals surface area contributed by atoms with Crippen molar-refractivity contribution in [3.05, 3.63) is 105 Å². The average Bonchev–Trinajstić information content (AvgIpc) is 3.33. The molecule has 0 bridgehead atoms. The first-order valence-corrected chi connectivity index (χ1v) is 13.4. The van der Waals surface area contributed by atoms with E-state index >= 15 is 0 Å². The summed E-state index contributed by atoms with van der Waals surface area (Å²) in [5.41, 5.74) is -0.553. The standard InChI is InChI=1S/C29H25Cl2F6N3O/c30-24-6-5-18(13-25(24)31)23(8-10-38-9-7-19-16-39-26-4-2-1-3-22(19)26)27(41)40-15-17-11-20(28(32,33)34)14-21(12-17)29(35,36)37/h1-6,11-14,16,23,38-39H,7-10,15H2,(H,40,41). The number of carbonyl (C=O) groups is 1. The molecule has 3 aromatic carbocycles. The number of amides is 1. The van der Waals surface area contributed by atoms with Gasteiger partial charge in [0.25, 0.3) is 0 Å². The molecule has 4 rings (SSSR count). The Balaban J connectivity index is 1.44. The first-order valence-electron chi connectivity index (χ1n) is 12.6. The lowest BCUT2D eigenvalue weighted by atomic mass is 9.94. The third-order valence-electron chi connectivity index (χ3n) is 6.63. The number of rotatable bonds is 10. The number of hydrogen-bond acceptors (Lipinski definition) is 2. The smallest absolute Gasteiger partial charge is 0.361 e. The lowest BCUT2D eigenvalue weighted by Crippen LogP contribution is -2.31. The van der Waals surface area contributed by atoms with Gasteiger partial charge in [-0.15, -0.1) is 0 Å². The number of aromatic amines is 1. The Labute approximate surface area is 242 Å². The van der Waals surface area contributed by atoms with Crippen LogP contribution in [0.15, 0.2) is 66.9 Å². The summed E-state index contributed by atoms with van der Waals surface area (Å²) in [6.07, 6.45) is -7.02. The summed E-state index contributed by atoms with van der Waals surface area (Å²) in [6.45, 7) is 0.488. The van der Waals surface area contributed by atoms with E-state index in [2.05, 4.69) is 15.6 Å². The van der Waals surface area contributed by atoms with Crippen LogP contribution in [0, 0.1) is 0 Å². The Kier molecular flexibility index (Phi) is 9.56. The Morgan fingerprint density at radius 2 is 1.54 bits per heavy atom. The highest BCUT2D eigenvalue weighted by molar-refractivity contribution is 6.42. The van der Waals surface area contributed by atoms with Gasteiger partial charge in [-0.05, 0) is 79.0 Å². The highest BCUT2D eigenvalue weighted by atomic mass is 35.5. The summed E-state index contributed by atoms with van der Waals surface area (Å²) < 4.78 is 79.4. The van der Waals surface area contributed by atoms with E-state index in [-0.39, 0.29) is 28.1 Å². The van der Waals surface area contributed by atoms with Crippen molar-refractivity contribution >= 4 is 40.0 Å². The second-order valence-electron chi connectivity index (χ2n) is 9.51. The Morgan fingerprint density at radius 1 is 0.854 bits per heavy atom. The average molecular weight is 616 g/mol. The lowest BCUT2D eigenvalue weighted by Gasteiger charge is -2.19. The number of para-hydroxylation sites is 1. The molecule has 1 atom stereocenters. The number of carbonyl (C=O) groups excluding carboxylic acids is 1. The monoisotopic (exact) mass is 615 g/mol. The van der Waals surface area contributed by atoms with Crippen LogP contribution in [-0.2, 0) is 30.1 Å². The van der Waals surface area contributed by atoms with Crippen molar-refractivity contribution in [1.82, 2.24) is 15.6 Å². The topological polar surface area (TPSA) is 56.9 Å². The van der Waals surface area contributed by atoms with Crippen LogP contribution in [0.3, 0.4) is 0 Å². The maximum absolute atomic E-state index is 13.2. The summed E-state index contributed by atoms with van der Waals surface area (Å²) in [5.74, 6) is -1.37. The van der Waals surface area contributed by atoms with Crippen LogP contribution >= 0.6 is 23.2 Å². The first-order chi connectivity index (χ1) is 19.3. The number of alkyl halides is 6. The third-order valence-corrected chi connectivity index (χ3v) is 7.37. The highest BCUT2D eigenvalue weighted by Crippen LogP contribution is 2.36. The van der Waals surface area contributed by atoms with Crippen molar-refractivity contribution in [3.8, 4) is 0 Å². The molecule has 1 unspecified atom stereocenters. The summed E-state index contributed by atoms with van der Waals surface area (Å²) in [4.78, 5) is 16.4. The van der Waals surface area contributed by atoms with Gasteiger partial charge >= 0.3 is 12.4 Å². The Hall–Kier alpha value is -3.21. The molecule has 1 heterocycles. The molecule has 4 aromatic rings. The molecule has 0 spiro atoms. The zero-order chi connectivity index (χ0) is 29.8. The molecule has 0 aliphatic rings. The summed E-state index contributed by atoms with van der Waals surface area (Å²) in [6, 6.07) is 13.8. The fraction of sp³-hybridized carbons (Fsp3) is 0.276. The Morgan fingerprint density at radius 3 is 2.20 bits per heavy atom. The van der Waals surface area contributed by atoms with Gasteiger partial charge in [0.1, 0.15) is 0 Å². The number of aromatic nitrogens is 1. The second-order valence-corrected chi connectivity index (χ2v) is 10.3. The van der Waals surface area contributed by atoms with Gasteiger partial charge in [-0.25, -0.2) is 0 Å². The number of H-pyrrole nitrogens is 1.